The van der Waals surface area contributed by atoms with Gasteiger partial charge in [0.2, 0.25) is 5.91 Å². The first-order valence-electron chi connectivity index (χ1n) is 30.0. The van der Waals surface area contributed by atoms with E-state index in [2.05, 4.69) is 79.9 Å². The molecule has 0 radical (unpaired) electrons. The smallest absolute Gasteiger partial charge is 0.220 e. The van der Waals surface area contributed by atoms with Crippen molar-refractivity contribution in [3.8, 4) is 0 Å². The van der Waals surface area contributed by atoms with Gasteiger partial charge >= 0.3 is 0 Å². The molecule has 3 aliphatic rings. The van der Waals surface area contributed by atoms with Gasteiger partial charge in [0, 0.05) is 6.42 Å². The molecule has 19 heteroatoms. The van der Waals surface area contributed by atoms with Crippen LogP contribution in [0.3, 0.4) is 0 Å². The topological polar surface area (TPSA) is 307 Å². The molecule has 0 aromatic rings. The van der Waals surface area contributed by atoms with Crippen LogP contribution in [0.25, 0.3) is 0 Å². The number of ether oxygens (including phenoxy) is 6. The summed E-state index contributed by atoms with van der Waals surface area (Å²) in [6.07, 6.45) is 21.7. The molecule has 1 amide bonds. The number of aliphatic hydroxyl groups is 11. The molecule has 3 fully saturated rings. The Labute approximate surface area is 471 Å². The minimum atomic E-state index is -1.97. The molecule has 0 saturated carbocycles. The first-order valence-corrected chi connectivity index (χ1v) is 30.0. The summed E-state index contributed by atoms with van der Waals surface area (Å²) < 4.78 is 34.3. The molecule has 17 atom stereocenters. The Hall–Kier alpha value is -2.51. The second-order valence-corrected chi connectivity index (χ2v) is 21.4. The van der Waals surface area contributed by atoms with Gasteiger partial charge in [-0.2, -0.15) is 0 Å². The zero-order chi connectivity index (χ0) is 57.6. The van der Waals surface area contributed by atoms with Gasteiger partial charge in [0.1, 0.15) is 73.2 Å². The number of carbonyl (C=O) groups is 1. The third kappa shape index (κ3) is 27.2. The third-order valence-corrected chi connectivity index (χ3v) is 14.9. The zero-order valence-corrected chi connectivity index (χ0v) is 47.6. The number of carbonyl (C=O) groups excluding carboxylic acids is 1. The van der Waals surface area contributed by atoms with Crippen LogP contribution in [0.5, 0.6) is 0 Å². The van der Waals surface area contributed by atoms with Crippen LogP contribution >= 0.6 is 0 Å². The molecule has 0 aromatic heterocycles. The van der Waals surface area contributed by atoms with E-state index in [1.807, 2.05) is 0 Å². The highest BCUT2D eigenvalue weighted by atomic mass is 16.8. The van der Waals surface area contributed by atoms with E-state index in [1.165, 1.54) is 44.9 Å². The van der Waals surface area contributed by atoms with E-state index in [4.69, 9.17) is 28.4 Å². The fourth-order valence-electron chi connectivity index (χ4n) is 9.93. The van der Waals surface area contributed by atoms with Crippen LogP contribution in [0, 0.1) is 0 Å². The average Bonchev–Trinajstić information content (AvgIpc) is 3.49. The molecular weight excluding hydrogens is 1020 g/mol. The minimum Gasteiger partial charge on any atom is -0.394 e. The van der Waals surface area contributed by atoms with Gasteiger partial charge in [0.25, 0.3) is 0 Å². The molecule has 0 spiro atoms. The number of amides is 1. The minimum absolute atomic E-state index is 0.250. The molecule has 0 aromatic carbocycles. The van der Waals surface area contributed by atoms with Crippen LogP contribution < -0.4 is 5.32 Å². The Bertz CT molecular complexity index is 1680. The van der Waals surface area contributed by atoms with Crippen LogP contribution in [0.4, 0.5) is 0 Å². The van der Waals surface area contributed by atoms with Crippen molar-refractivity contribution in [2.75, 3.05) is 26.4 Å². The summed E-state index contributed by atoms with van der Waals surface area (Å²) in [5.41, 5.74) is 0. The fourth-order valence-corrected chi connectivity index (χ4v) is 9.93. The van der Waals surface area contributed by atoms with Gasteiger partial charge < -0.3 is 89.9 Å². The molecule has 3 rings (SSSR count). The summed E-state index contributed by atoms with van der Waals surface area (Å²) in [4.78, 5) is 13.3. The van der Waals surface area contributed by atoms with Crippen molar-refractivity contribution >= 4 is 5.91 Å². The quantitative estimate of drug-likeness (QED) is 0.0274. The monoisotopic (exact) mass is 1130 g/mol. The second kappa shape index (κ2) is 43.2. The Balaban J connectivity index is 1.46. The third-order valence-electron chi connectivity index (χ3n) is 14.9. The molecule has 3 saturated heterocycles. The second-order valence-electron chi connectivity index (χ2n) is 21.4. The van der Waals surface area contributed by atoms with Crippen LogP contribution in [0.2, 0.25) is 0 Å². The van der Waals surface area contributed by atoms with Crippen molar-refractivity contribution < 1.29 is 89.4 Å². The van der Waals surface area contributed by atoms with Gasteiger partial charge in [0.05, 0.1) is 38.6 Å². The van der Waals surface area contributed by atoms with E-state index in [0.717, 1.165) is 103 Å². The lowest BCUT2D eigenvalue weighted by Gasteiger charge is -2.48. The predicted octanol–water partition coefficient (Wildman–Crippen LogP) is 5.26. The number of unbranched alkanes of at least 4 members (excludes halogenated alkanes) is 17. The van der Waals surface area contributed by atoms with E-state index in [1.54, 1.807) is 0 Å². The molecule has 12 N–H and O–H groups in total. The molecule has 79 heavy (non-hydrogen) atoms. The number of nitrogens with one attached hydrogen (secondary N) is 1. The number of hydrogen-bond donors (Lipinski definition) is 12. The Kier molecular flexibility index (Phi) is 38.7. The van der Waals surface area contributed by atoms with E-state index < -0.39 is 124 Å². The first-order chi connectivity index (χ1) is 38.3. The summed E-state index contributed by atoms with van der Waals surface area (Å²) in [7, 11) is 0. The lowest BCUT2D eigenvalue weighted by molar-refractivity contribution is -0.379. The molecule has 3 aliphatic heterocycles. The van der Waals surface area contributed by atoms with Crippen molar-refractivity contribution in [2.24, 2.45) is 0 Å². The van der Waals surface area contributed by atoms with Gasteiger partial charge in [-0.05, 0) is 57.8 Å². The summed E-state index contributed by atoms with van der Waals surface area (Å²) in [6.45, 7) is 1.63. The highest BCUT2D eigenvalue weighted by molar-refractivity contribution is 5.76. The number of aliphatic hydroxyl groups excluding tert-OH is 11. The zero-order valence-electron chi connectivity index (χ0n) is 47.6. The molecule has 17 unspecified atom stereocenters. The van der Waals surface area contributed by atoms with Gasteiger partial charge in [-0.15, -0.1) is 0 Å². The first kappa shape index (κ1) is 70.8. The molecule has 3 heterocycles. The number of allylic oxidation sites excluding steroid dienone is 10. The summed E-state index contributed by atoms with van der Waals surface area (Å²) in [5, 5.41) is 120. The van der Waals surface area contributed by atoms with Crippen molar-refractivity contribution in [3.05, 3.63) is 60.8 Å². The maximum absolute atomic E-state index is 13.3. The highest BCUT2D eigenvalue weighted by Gasteiger charge is 2.53. The number of hydrogen-bond acceptors (Lipinski definition) is 18. The number of rotatable bonds is 43. The van der Waals surface area contributed by atoms with Gasteiger partial charge in [-0.1, -0.05) is 177 Å². The largest absolute Gasteiger partial charge is 0.394 e. The fraction of sp³-hybridized carbons (Fsp3) is 0.817. The van der Waals surface area contributed by atoms with Crippen LogP contribution in [-0.4, -0.2) is 193 Å². The standard InChI is InChI=1S/C60H105NO18/c1-3-5-7-9-11-13-15-16-17-18-19-20-21-22-23-24-25-26-28-30-32-34-36-38-48(66)61-43(44(65)37-35-33-31-29-27-14-12-10-8-6-4-2)42-74-58-54(72)51(69)56(46(40-63)76-58)79-60-55(73)52(70)57(47(41-64)77-60)78-59-53(71)50(68)49(67)45(39-62)75-59/h5,7,11,13,16-17,19-20,22-23,43-47,49-60,62-65,67-73H,3-4,6,8-10,12,14-15,18,21,24-42H2,1-2H3,(H,61,66)/b7-5-,13-11-,17-16-,20-19-,23-22-. The van der Waals surface area contributed by atoms with E-state index >= 15 is 0 Å². The molecular formula is C60H105NO18. The summed E-state index contributed by atoms with van der Waals surface area (Å²) >= 11 is 0. The van der Waals surface area contributed by atoms with Crippen molar-refractivity contribution in [1.82, 2.24) is 5.32 Å². The molecule has 458 valence electrons. The average molecular weight is 1130 g/mol. The Morgan fingerprint density at radius 3 is 1.37 bits per heavy atom. The van der Waals surface area contributed by atoms with Crippen molar-refractivity contribution in [3.63, 3.8) is 0 Å². The van der Waals surface area contributed by atoms with E-state index in [-0.39, 0.29) is 18.9 Å². The van der Waals surface area contributed by atoms with Gasteiger partial charge in [-0.3, -0.25) is 4.79 Å². The van der Waals surface area contributed by atoms with Crippen molar-refractivity contribution in [2.45, 2.75) is 285 Å². The SMILES string of the molecule is CC/C=C\C/C=C\C/C=C\C/C=C\C/C=C\CCCCCCCCCC(=O)NC(COC1OC(CO)C(OC2OC(CO)C(OC3OC(CO)C(O)C(O)C3O)C(O)C2O)C(O)C1O)C(O)CCCCCCCCCCCCC. The molecule has 0 bridgehead atoms. The maximum Gasteiger partial charge on any atom is 0.220 e. The Morgan fingerprint density at radius 1 is 0.468 bits per heavy atom. The van der Waals surface area contributed by atoms with Crippen LogP contribution in [0.1, 0.15) is 181 Å². The Morgan fingerprint density at radius 2 is 0.873 bits per heavy atom. The van der Waals surface area contributed by atoms with Gasteiger partial charge in [-0.25, -0.2) is 0 Å². The lowest BCUT2D eigenvalue weighted by Crippen LogP contribution is -2.66. The van der Waals surface area contributed by atoms with Crippen molar-refractivity contribution in [1.29, 1.82) is 0 Å². The lowest BCUT2D eigenvalue weighted by atomic mass is 9.96. The summed E-state index contributed by atoms with van der Waals surface area (Å²) in [5.74, 6) is -0.259. The molecule has 0 aliphatic carbocycles. The van der Waals surface area contributed by atoms with Crippen LogP contribution in [-0.2, 0) is 33.2 Å². The highest BCUT2D eigenvalue weighted by Crippen LogP contribution is 2.33. The normalized spacial score (nSPS) is 30.7. The van der Waals surface area contributed by atoms with E-state index in [9.17, 15) is 61.0 Å². The predicted molar refractivity (Wildman–Crippen MR) is 300 cm³/mol. The van der Waals surface area contributed by atoms with Gasteiger partial charge in [0.15, 0.2) is 18.9 Å². The van der Waals surface area contributed by atoms with E-state index in [0.29, 0.717) is 12.8 Å². The van der Waals surface area contributed by atoms with Crippen LogP contribution in [0.15, 0.2) is 60.8 Å². The molecule has 19 nitrogen and oxygen atoms in total. The summed E-state index contributed by atoms with van der Waals surface area (Å²) in [6, 6.07) is -0.895. The maximum atomic E-state index is 13.3.